The maximum absolute atomic E-state index is 12.3. The van der Waals surface area contributed by atoms with Gasteiger partial charge in [0, 0.05) is 12.5 Å². The van der Waals surface area contributed by atoms with Gasteiger partial charge in [-0.05, 0) is 24.8 Å². The third-order valence-electron chi connectivity index (χ3n) is 2.96. The third-order valence-corrected chi connectivity index (χ3v) is 2.96. The lowest BCUT2D eigenvalue weighted by atomic mass is 9.85. The first kappa shape index (κ1) is 15.4. The maximum atomic E-state index is 12.3. The third kappa shape index (κ3) is 3.91. The van der Waals surface area contributed by atoms with Crippen LogP contribution in [0.3, 0.4) is 0 Å². The van der Waals surface area contributed by atoms with Gasteiger partial charge in [-0.25, -0.2) is 0 Å². The van der Waals surface area contributed by atoms with Crippen LogP contribution in [0.4, 0.5) is 0 Å². The normalized spacial score (nSPS) is 12.1. The average Bonchev–Trinajstić information content (AvgIpc) is 2.25. The van der Waals surface area contributed by atoms with Crippen molar-refractivity contribution in [2.45, 2.75) is 52.6 Å². The van der Waals surface area contributed by atoms with Crippen LogP contribution in [0.25, 0.3) is 0 Å². The van der Waals surface area contributed by atoms with Crippen LogP contribution in [0.2, 0.25) is 0 Å². The smallest absolute Gasteiger partial charge is 0.303 e. The van der Waals surface area contributed by atoms with Crippen molar-refractivity contribution < 1.29 is 14.3 Å². The van der Waals surface area contributed by atoms with Gasteiger partial charge in [-0.15, -0.1) is 0 Å². The van der Waals surface area contributed by atoms with Crippen LogP contribution in [-0.2, 0) is 14.9 Å². The van der Waals surface area contributed by atoms with Gasteiger partial charge in [0.15, 0.2) is 5.60 Å². The monoisotopic (exact) mass is 262 g/mol. The van der Waals surface area contributed by atoms with Gasteiger partial charge in [-0.1, -0.05) is 45.0 Å². The molecule has 0 aromatic heterocycles. The van der Waals surface area contributed by atoms with E-state index < -0.39 is 11.6 Å². The molecule has 3 nitrogen and oxygen atoms in total. The Balaban J connectivity index is 2.99. The summed E-state index contributed by atoms with van der Waals surface area (Å²) < 4.78 is 5.06. The predicted molar refractivity (Wildman–Crippen MR) is 75.3 cm³/mol. The summed E-state index contributed by atoms with van der Waals surface area (Å²) in [5.74, 6) is -0.646. The summed E-state index contributed by atoms with van der Waals surface area (Å²) in [6.45, 7) is 10.9. The largest absolute Gasteiger partial charge is 0.451 e. The van der Waals surface area contributed by atoms with Crippen LogP contribution in [-0.4, -0.2) is 17.4 Å². The fourth-order valence-corrected chi connectivity index (χ4v) is 1.87. The van der Waals surface area contributed by atoms with E-state index in [2.05, 4.69) is 20.8 Å². The van der Waals surface area contributed by atoms with Crippen LogP contribution in [0.1, 0.15) is 57.5 Å². The lowest BCUT2D eigenvalue weighted by molar-refractivity contribution is -0.149. The Kier molecular flexibility index (Phi) is 4.18. The summed E-state index contributed by atoms with van der Waals surface area (Å²) in [4.78, 5) is 23.3. The second-order valence-corrected chi connectivity index (χ2v) is 6.26. The first-order valence-electron chi connectivity index (χ1n) is 6.39. The molecule has 0 fully saturated rings. The van der Waals surface area contributed by atoms with E-state index in [1.54, 1.807) is 26.0 Å². The van der Waals surface area contributed by atoms with Gasteiger partial charge < -0.3 is 4.74 Å². The molecule has 0 aliphatic heterocycles. The molecule has 0 heterocycles. The van der Waals surface area contributed by atoms with Crippen LogP contribution in [0.15, 0.2) is 24.3 Å². The first-order chi connectivity index (χ1) is 8.54. The Labute approximate surface area is 115 Å². The lowest BCUT2D eigenvalue weighted by Gasteiger charge is -2.24. The number of hydrogen-bond acceptors (Lipinski definition) is 3. The summed E-state index contributed by atoms with van der Waals surface area (Å²) in [5, 5.41) is 0. The minimum absolute atomic E-state index is 0.0486. The highest BCUT2D eigenvalue weighted by Crippen LogP contribution is 2.24. The van der Waals surface area contributed by atoms with E-state index in [9.17, 15) is 9.59 Å². The molecule has 1 aromatic carbocycles. The molecule has 0 atom stereocenters. The summed E-state index contributed by atoms with van der Waals surface area (Å²) in [6.07, 6.45) is 0. The summed E-state index contributed by atoms with van der Waals surface area (Å²) in [5.41, 5.74) is 0.635. The maximum Gasteiger partial charge on any atom is 0.303 e. The number of Topliss-reactive ketones (excluding diaryl/α,β-unsaturated/α-hetero) is 1. The van der Waals surface area contributed by atoms with Crippen LogP contribution in [0, 0.1) is 0 Å². The van der Waals surface area contributed by atoms with Crippen molar-refractivity contribution in [2.24, 2.45) is 0 Å². The molecule has 0 aliphatic carbocycles. The van der Waals surface area contributed by atoms with Gasteiger partial charge in [0.05, 0.1) is 0 Å². The molecule has 1 aromatic rings. The Bertz CT molecular complexity index is 476. The van der Waals surface area contributed by atoms with Crippen LogP contribution >= 0.6 is 0 Å². The minimum atomic E-state index is -1.13. The van der Waals surface area contributed by atoms with Gasteiger partial charge in [-0.3, -0.25) is 9.59 Å². The second kappa shape index (κ2) is 5.16. The second-order valence-electron chi connectivity index (χ2n) is 6.26. The van der Waals surface area contributed by atoms with Crippen molar-refractivity contribution in [2.75, 3.05) is 0 Å². The van der Waals surface area contributed by atoms with Crippen molar-refractivity contribution in [3.8, 4) is 0 Å². The van der Waals surface area contributed by atoms with E-state index in [1.165, 1.54) is 6.92 Å². The van der Waals surface area contributed by atoms with Crippen LogP contribution in [0.5, 0.6) is 0 Å². The molecule has 0 amide bonds. The predicted octanol–water partition coefficient (Wildman–Crippen LogP) is 3.51. The zero-order valence-corrected chi connectivity index (χ0v) is 12.5. The number of ether oxygens (including phenoxy) is 1. The number of rotatable bonds is 3. The molecule has 0 saturated heterocycles. The number of ketones is 1. The Morgan fingerprint density at radius 3 is 1.79 bits per heavy atom. The highest BCUT2D eigenvalue weighted by molar-refractivity contribution is 6.02. The molecule has 0 unspecified atom stereocenters. The molecule has 1 rings (SSSR count). The van der Waals surface area contributed by atoms with Crippen molar-refractivity contribution in [1.29, 1.82) is 0 Å². The summed E-state index contributed by atoms with van der Waals surface area (Å²) in [7, 11) is 0. The Morgan fingerprint density at radius 1 is 0.947 bits per heavy atom. The van der Waals surface area contributed by atoms with E-state index in [0.717, 1.165) is 5.56 Å². The molecule has 0 N–H and O–H groups in total. The number of carbonyl (C=O) groups excluding carboxylic acids is 2. The van der Waals surface area contributed by atoms with E-state index >= 15 is 0 Å². The van der Waals surface area contributed by atoms with Crippen molar-refractivity contribution in [1.82, 2.24) is 0 Å². The van der Waals surface area contributed by atoms with E-state index in [0.29, 0.717) is 5.56 Å². The number of benzene rings is 1. The minimum Gasteiger partial charge on any atom is -0.451 e. The highest BCUT2D eigenvalue weighted by atomic mass is 16.6. The highest BCUT2D eigenvalue weighted by Gasteiger charge is 2.31. The molecule has 0 bridgehead atoms. The Morgan fingerprint density at radius 2 is 1.42 bits per heavy atom. The van der Waals surface area contributed by atoms with Gasteiger partial charge >= 0.3 is 5.97 Å². The molecular weight excluding hydrogens is 240 g/mol. The van der Waals surface area contributed by atoms with E-state index in [4.69, 9.17) is 4.74 Å². The summed E-state index contributed by atoms with van der Waals surface area (Å²) in [6, 6.07) is 7.45. The number of hydrogen-bond donors (Lipinski definition) is 0. The van der Waals surface area contributed by atoms with E-state index in [-0.39, 0.29) is 11.2 Å². The zero-order valence-electron chi connectivity index (χ0n) is 12.5. The molecule has 19 heavy (non-hydrogen) atoms. The summed E-state index contributed by atoms with van der Waals surface area (Å²) >= 11 is 0. The number of carbonyl (C=O) groups is 2. The van der Waals surface area contributed by atoms with E-state index in [1.807, 2.05) is 12.1 Å². The van der Waals surface area contributed by atoms with Crippen LogP contribution < -0.4 is 0 Å². The topological polar surface area (TPSA) is 43.4 Å². The SMILES string of the molecule is CC(=O)OC(C)(C)C(=O)c1ccc(C(C)(C)C)cc1. The van der Waals surface area contributed by atoms with Gasteiger partial charge in [0.2, 0.25) is 5.78 Å². The number of esters is 1. The average molecular weight is 262 g/mol. The fourth-order valence-electron chi connectivity index (χ4n) is 1.87. The fraction of sp³-hybridized carbons (Fsp3) is 0.500. The quantitative estimate of drug-likeness (QED) is 0.618. The molecular formula is C16H22O3. The van der Waals surface area contributed by atoms with Gasteiger partial charge in [-0.2, -0.15) is 0 Å². The molecule has 0 aliphatic rings. The molecule has 0 radical (unpaired) electrons. The Hall–Kier alpha value is -1.64. The van der Waals surface area contributed by atoms with Gasteiger partial charge in [0.1, 0.15) is 0 Å². The molecule has 3 heteroatoms. The molecule has 104 valence electrons. The van der Waals surface area contributed by atoms with Crippen molar-refractivity contribution in [3.63, 3.8) is 0 Å². The first-order valence-corrected chi connectivity index (χ1v) is 6.39. The standard InChI is InChI=1S/C16H22O3/c1-11(17)19-16(5,6)14(18)12-7-9-13(10-8-12)15(2,3)4/h7-10H,1-6H3. The van der Waals surface area contributed by atoms with Crippen molar-refractivity contribution in [3.05, 3.63) is 35.4 Å². The lowest BCUT2D eigenvalue weighted by Crippen LogP contribution is -2.36. The zero-order chi connectivity index (χ0) is 14.8. The van der Waals surface area contributed by atoms with Crippen molar-refractivity contribution >= 4 is 11.8 Å². The molecule has 0 saturated carbocycles. The van der Waals surface area contributed by atoms with Gasteiger partial charge in [0.25, 0.3) is 0 Å². The molecule has 0 spiro atoms.